The molecule has 6 nitrogen and oxygen atoms in total. The fourth-order valence-corrected chi connectivity index (χ4v) is 2.48. The third-order valence-corrected chi connectivity index (χ3v) is 3.99. The molecule has 1 N–H and O–H groups in total. The Balaban J connectivity index is 1.64. The van der Waals surface area contributed by atoms with E-state index in [1.807, 2.05) is 24.3 Å². The van der Waals surface area contributed by atoms with E-state index in [2.05, 4.69) is 12.2 Å². The summed E-state index contributed by atoms with van der Waals surface area (Å²) >= 11 is 0. The smallest absolute Gasteiger partial charge is 0.317 e. The predicted octanol–water partition coefficient (Wildman–Crippen LogP) is 1.50. The summed E-state index contributed by atoms with van der Waals surface area (Å²) < 4.78 is 5.61. The molecule has 0 saturated carbocycles. The topological polar surface area (TPSA) is 61.9 Å². The molecular formula is C17H25N3O3. The van der Waals surface area contributed by atoms with Crippen molar-refractivity contribution in [2.24, 2.45) is 0 Å². The Morgan fingerprint density at radius 1 is 1.09 bits per heavy atom. The lowest BCUT2D eigenvalue weighted by atomic mass is 10.2. The maximum atomic E-state index is 12.0. The van der Waals surface area contributed by atoms with Gasteiger partial charge in [0.2, 0.25) is 5.91 Å². The standard InChI is InChI=1S/C17H25N3O3/c1-3-15-4-6-16(7-5-15)23-13-8-18-17(22)20-11-9-19(10-12-20)14(2)21/h4-7H,3,8-13H2,1-2H3,(H,18,22). The lowest BCUT2D eigenvalue weighted by Gasteiger charge is -2.34. The van der Waals surface area contributed by atoms with Crippen LogP contribution >= 0.6 is 0 Å². The Morgan fingerprint density at radius 2 is 1.70 bits per heavy atom. The first kappa shape index (κ1) is 17.1. The quantitative estimate of drug-likeness (QED) is 0.837. The number of amides is 3. The SMILES string of the molecule is CCc1ccc(OCCNC(=O)N2CCN(C(C)=O)CC2)cc1. The van der Waals surface area contributed by atoms with Gasteiger partial charge in [0.1, 0.15) is 12.4 Å². The van der Waals surface area contributed by atoms with Gasteiger partial charge in [0.15, 0.2) is 0 Å². The molecule has 1 saturated heterocycles. The summed E-state index contributed by atoms with van der Waals surface area (Å²) in [7, 11) is 0. The van der Waals surface area contributed by atoms with Crippen LogP contribution in [-0.2, 0) is 11.2 Å². The molecule has 0 radical (unpaired) electrons. The number of nitrogens with one attached hydrogen (secondary N) is 1. The number of piperazine rings is 1. The van der Waals surface area contributed by atoms with E-state index in [0.717, 1.165) is 12.2 Å². The normalized spacial score (nSPS) is 14.5. The summed E-state index contributed by atoms with van der Waals surface area (Å²) in [6, 6.07) is 7.88. The second kappa shape index (κ2) is 8.41. The Kier molecular flexibility index (Phi) is 6.26. The molecule has 0 aromatic heterocycles. The summed E-state index contributed by atoms with van der Waals surface area (Å²) in [5.41, 5.74) is 1.27. The molecule has 2 rings (SSSR count). The number of aryl methyl sites for hydroxylation is 1. The van der Waals surface area contributed by atoms with Crippen LogP contribution in [0.2, 0.25) is 0 Å². The molecule has 0 bridgehead atoms. The van der Waals surface area contributed by atoms with Crippen molar-refractivity contribution < 1.29 is 14.3 Å². The Bertz CT molecular complexity index is 522. The number of urea groups is 1. The van der Waals surface area contributed by atoms with Gasteiger partial charge in [0.25, 0.3) is 0 Å². The summed E-state index contributed by atoms with van der Waals surface area (Å²) in [6.07, 6.45) is 1.01. The van der Waals surface area contributed by atoms with E-state index in [0.29, 0.717) is 39.3 Å². The minimum atomic E-state index is -0.0990. The van der Waals surface area contributed by atoms with Crippen molar-refractivity contribution >= 4 is 11.9 Å². The molecule has 1 aromatic rings. The fraction of sp³-hybridized carbons (Fsp3) is 0.529. The van der Waals surface area contributed by atoms with Crippen LogP contribution in [0.15, 0.2) is 24.3 Å². The monoisotopic (exact) mass is 319 g/mol. The molecule has 0 aliphatic carbocycles. The van der Waals surface area contributed by atoms with Crippen LogP contribution in [0.1, 0.15) is 19.4 Å². The van der Waals surface area contributed by atoms with Crippen molar-refractivity contribution in [2.75, 3.05) is 39.3 Å². The first-order valence-electron chi connectivity index (χ1n) is 8.10. The van der Waals surface area contributed by atoms with E-state index in [-0.39, 0.29) is 11.9 Å². The fourth-order valence-electron chi connectivity index (χ4n) is 2.48. The van der Waals surface area contributed by atoms with Crippen molar-refractivity contribution in [3.8, 4) is 5.75 Å². The highest BCUT2D eigenvalue weighted by molar-refractivity contribution is 5.76. The lowest BCUT2D eigenvalue weighted by Crippen LogP contribution is -2.53. The average Bonchev–Trinajstić information content (AvgIpc) is 2.59. The number of benzene rings is 1. The van der Waals surface area contributed by atoms with Crippen molar-refractivity contribution in [2.45, 2.75) is 20.3 Å². The molecule has 6 heteroatoms. The predicted molar refractivity (Wildman–Crippen MR) is 88.5 cm³/mol. The number of hydrogen-bond donors (Lipinski definition) is 1. The van der Waals surface area contributed by atoms with Crippen molar-refractivity contribution in [3.63, 3.8) is 0 Å². The maximum Gasteiger partial charge on any atom is 0.317 e. The third-order valence-electron chi connectivity index (χ3n) is 3.99. The molecule has 126 valence electrons. The molecule has 1 fully saturated rings. The highest BCUT2D eigenvalue weighted by Gasteiger charge is 2.21. The Labute approximate surface area is 137 Å². The first-order valence-corrected chi connectivity index (χ1v) is 8.10. The van der Waals surface area contributed by atoms with Gasteiger partial charge in [0.05, 0.1) is 6.54 Å². The van der Waals surface area contributed by atoms with E-state index in [1.54, 1.807) is 16.7 Å². The first-order chi connectivity index (χ1) is 11.1. The molecule has 3 amide bonds. The molecule has 1 aromatic carbocycles. The molecule has 1 aliphatic rings. The Morgan fingerprint density at radius 3 is 2.26 bits per heavy atom. The van der Waals surface area contributed by atoms with Crippen LogP contribution < -0.4 is 10.1 Å². The van der Waals surface area contributed by atoms with Crippen molar-refractivity contribution in [3.05, 3.63) is 29.8 Å². The van der Waals surface area contributed by atoms with Gasteiger partial charge in [0, 0.05) is 33.1 Å². The van der Waals surface area contributed by atoms with Crippen LogP contribution in [0, 0.1) is 0 Å². The molecule has 0 spiro atoms. The minimum Gasteiger partial charge on any atom is -0.492 e. The second-order valence-corrected chi connectivity index (χ2v) is 5.57. The lowest BCUT2D eigenvalue weighted by molar-refractivity contribution is -0.130. The van der Waals surface area contributed by atoms with E-state index >= 15 is 0 Å². The van der Waals surface area contributed by atoms with Gasteiger partial charge in [-0.1, -0.05) is 19.1 Å². The maximum absolute atomic E-state index is 12.0. The van der Waals surface area contributed by atoms with E-state index in [4.69, 9.17) is 4.74 Å². The summed E-state index contributed by atoms with van der Waals surface area (Å²) in [4.78, 5) is 26.8. The zero-order chi connectivity index (χ0) is 16.7. The van der Waals surface area contributed by atoms with E-state index < -0.39 is 0 Å². The highest BCUT2D eigenvalue weighted by Crippen LogP contribution is 2.12. The highest BCUT2D eigenvalue weighted by atomic mass is 16.5. The molecular weight excluding hydrogens is 294 g/mol. The van der Waals surface area contributed by atoms with Gasteiger partial charge in [-0.3, -0.25) is 4.79 Å². The van der Waals surface area contributed by atoms with Gasteiger partial charge in [-0.15, -0.1) is 0 Å². The van der Waals surface area contributed by atoms with Gasteiger partial charge >= 0.3 is 6.03 Å². The molecule has 0 unspecified atom stereocenters. The number of hydrogen-bond acceptors (Lipinski definition) is 3. The van der Waals surface area contributed by atoms with Gasteiger partial charge in [-0.25, -0.2) is 4.79 Å². The second-order valence-electron chi connectivity index (χ2n) is 5.57. The zero-order valence-electron chi connectivity index (χ0n) is 13.9. The van der Waals surface area contributed by atoms with E-state index in [1.165, 1.54) is 5.56 Å². The number of nitrogens with zero attached hydrogens (tertiary/aromatic N) is 2. The average molecular weight is 319 g/mol. The molecule has 23 heavy (non-hydrogen) atoms. The van der Waals surface area contributed by atoms with Crippen molar-refractivity contribution in [1.29, 1.82) is 0 Å². The summed E-state index contributed by atoms with van der Waals surface area (Å²) in [5, 5.41) is 2.85. The van der Waals surface area contributed by atoms with E-state index in [9.17, 15) is 9.59 Å². The number of carbonyl (C=O) groups excluding carboxylic acids is 2. The minimum absolute atomic E-state index is 0.0625. The molecule has 1 aliphatic heterocycles. The molecule has 0 atom stereocenters. The summed E-state index contributed by atoms with van der Waals surface area (Å²) in [6.45, 7) is 6.91. The van der Waals surface area contributed by atoms with Crippen LogP contribution in [0.25, 0.3) is 0 Å². The van der Waals surface area contributed by atoms with Gasteiger partial charge in [-0.05, 0) is 24.1 Å². The number of rotatable bonds is 5. The Hall–Kier alpha value is -2.24. The third kappa shape index (κ3) is 5.16. The molecule has 1 heterocycles. The van der Waals surface area contributed by atoms with Gasteiger partial charge in [-0.2, -0.15) is 0 Å². The van der Waals surface area contributed by atoms with Crippen LogP contribution in [0.5, 0.6) is 5.75 Å². The number of carbonyl (C=O) groups is 2. The van der Waals surface area contributed by atoms with Crippen LogP contribution in [0.3, 0.4) is 0 Å². The van der Waals surface area contributed by atoms with Crippen LogP contribution in [-0.4, -0.2) is 61.1 Å². The van der Waals surface area contributed by atoms with Gasteiger partial charge < -0.3 is 19.9 Å². The number of ether oxygens (including phenoxy) is 1. The summed E-state index contributed by atoms with van der Waals surface area (Å²) in [5.74, 6) is 0.874. The van der Waals surface area contributed by atoms with Crippen LogP contribution in [0.4, 0.5) is 4.79 Å². The van der Waals surface area contributed by atoms with Crippen molar-refractivity contribution in [1.82, 2.24) is 15.1 Å². The largest absolute Gasteiger partial charge is 0.492 e. The zero-order valence-corrected chi connectivity index (χ0v) is 13.9.